The van der Waals surface area contributed by atoms with Crippen LogP contribution in [0, 0.1) is 0 Å². The van der Waals surface area contributed by atoms with Crippen LogP contribution in [0.4, 0.5) is 5.69 Å². The van der Waals surface area contributed by atoms with E-state index in [9.17, 15) is 4.79 Å². The molecule has 98 valence electrons. The molecule has 1 aromatic rings. The predicted molar refractivity (Wildman–Crippen MR) is 69.1 cm³/mol. The van der Waals surface area contributed by atoms with Crippen LogP contribution >= 0.6 is 11.6 Å². The van der Waals surface area contributed by atoms with Crippen LogP contribution in [0.25, 0.3) is 0 Å². The lowest BCUT2D eigenvalue weighted by molar-refractivity contribution is -0.117. The summed E-state index contributed by atoms with van der Waals surface area (Å²) >= 11 is 6.04. The minimum Gasteiger partial charge on any atom is -0.454 e. The van der Waals surface area contributed by atoms with Crippen LogP contribution in [-0.2, 0) is 4.79 Å². The first-order valence-corrected chi connectivity index (χ1v) is 6.15. The van der Waals surface area contributed by atoms with Crippen molar-refractivity contribution in [3.8, 4) is 11.5 Å². The molecule has 5 nitrogen and oxygen atoms in total. The Bertz CT molecular complexity index is 465. The molecule has 1 amide bonds. The summed E-state index contributed by atoms with van der Waals surface area (Å²) in [5.41, 5.74) is 6.21. The predicted octanol–water partition coefficient (Wildman–Crippen LogP) is 2.13. The monoisotopic (exact) mass is 270 g/mol. The smallest absolute Gasteiger partial charge is 0.241 e. The summed E-state index contributed by atoms with van der Waals surface area (Å²) in [4.78, 5) is 11.8. The third-order valence-corrected chi connectivity index (χ3v) is 2.97. The molecule has 0 radical (unpaired) electrons. The molecule has 3 N–H and O–H groups in total. The van der Waals surface area contributed by atoms with E-state index in [0.717, 1.165) is 6.42 Å². The Morgan fingerprint density at radius 1 is 1.50 bits per heavy atom. The van der Waals surface area contributed by atoms with E-state index in [1.807, 2.05) is 6.92 Å². The SMILES string of the molecule is CCC[C@H](N)C(=O)Nc1cc2c(cc1Cl)OCO2. The first kappa shape index (κ1) is 13.0. The van der Waals surface area contributed by atoms with E-state index in [4.69, 9.17) is 26.8 Å². The number of carbonyl (C=O) groups excluding carboxylic acids is 1. The topological polar surface area (TPSA) is 73.6 Å². The van der Waals surface area contributed by atoms with E-state index in [1.165, 1.54) is 0 Å². The highest BCUT2D eigenvalue weighted by Gasteiger charge is 2.19. The molecule has 2 rings (SSSR count). The number of ether oxygens (including phenoxy) is 2. The minimum atomic E-state index is -0.531. The quantitative estimate of drug-likeness (QED) is 0.879. The number of anilines is 1. The average Bonchev–Trinajstić information content (AvgIpc) is 2.76. The van der Waals surface area contributed by atoms with Gasteiger partial charge in [-0.15, -0.1) is 0 Å². The van der Waals surface area contributed by atoms with Gasteiger partial charge < -0.3 is 20.5 Å². The van der Waals surface area contributed by atoms with E-state index in [1.54, 1.807) is 12.1 Å². The highest BCUT2D eigenvalue weighted by Crippen LogP contribution is 2.39. The first-order valence-electron chi connectivity index (χ1n) is 5.77. The zero-order chi connectivity index (χ0) is 13.1. The van der Waals surface area contributed by atoms with Gasteiger partial charge in [0.2, 0.25) is 12.7 Å². The number of hydrogen-bond acceptors (Lipinski definition) is 4. The van der Waals surface area contributed by atoms with Crippen LogP contribution < -0.4 is 20.5 Å². The van der Waals surface area contributed by atoms with Crippen molar-refractivity contribution in [1.82, 2.24) is 0 Å². The van der Waals surface area contributed by atoms with Crippen molar-refractivity contribution in [2.75, 3.05) is 12.1 Å². The van der Waals surface area contributed by atoms with Gasteiger partial charge in [-0.25, -0.2) is 0 Å². The number of amides is 1. The van der Waals surface area contributed by atoms with Crippen molar-refractivity contribution >= 4 is 23.2 Å². The molecule has 1 aliphatic heterocycles. The molecule has 1 atom stereocenters. The summed E-state index contributed by atoms with van der Waals surface area (Å²) in [5.74, 6) is 0.896. The fourth-order valence-electron chi connectivity index (χ4n) is 1.68. The second-order valence-corrected chi connectivity index (χ2v) is 4.48. The molecule has 1 aromatic carbocycles. The van der Waals surface area contributed by atoms with Crippen molar-refractivity contribution in [2.24, 2.45) is 5.73 Å². The maximum Gasteiger partial charge on any atom is 0.241 e. The zero-order valence-corrected chi connectivity index (χ0v) is 10.8. The number of halogens is 1. The van der Waals surface area contributed by atoms with Crippen molar-refractivity contribution in [2.45, 2.75) is 25.8 Å². The van der Waals surface area contributed by atoms with Gasteiger partial charge >= 0.3 is 0 Å². The summed E-state index contributed by atoms with van der Waals surface area (Å²) in [6.45, 7) is 2.14. The summed E-state index contributed by atoms with van der Waals surface area (Å²) < 4.78 is 10.4. The Hall–Kier alpha value is -1.46. The fourth-order valence-corrected chi connectivity index (χ4v) is 1.88. The Labute approximate surface area is 110 Å². The molecule has 6 heteroatoms. The van der Waals surface area contributed by atoms with Gasteiger partial charge in [0.25, 0.3) is 0 Å². The Morgan fingerprint density at radius 2 is 2.17 bits per heavy atom. The van der Waals surface area contributed by atoms with Crippen LogP contribution in [0.2, 0.25) is 5.02 Å². The molecule has 0 aliphatic carbocycles. The van der Waals surface area contributed by atoms with Gasteiger partial charge in [0.1, 0.15) is 0 Å². The molecule has 18 heavy (non-hydrogen) atoms. The Morgan fingerprint density at radius 3 is 2.83 bits per heavy atom. The molecule has 0 fully saturated rings. The molecule has 0 spiro atoms. The first-order chi connectivity index (χ1) is 8.61. The lowest BCUT2D eigenvalue weighted by Gasteiger charge is -2.12. The van der Waals surface area contributed by atoms with Gasteiger partial charge in [0.15, 0.2) is 11.5 Å². The summed E-state index contributed by atoms with van der Waals surface area (Å²) in [6.07, 6.45) is 1.48. The maximum atomic E-state index is 11.8. The highest BCUT2D eigenvalue weighted by molar-refractivity contribution is 6.34. The average molecular weight is 271 g/mol. The van der Waals surface area contributed by atoms with Gasteiger partial charge in [-0.2, -0.15) is 0 Å². The molecule has 0 saturated heterocycles. The summed E-state index contributed by atoms with van der Waals surface area (Å²) in [5, 5.41) is 3.09. The zero-order valence-electron chi connectivity index (χ0n) is 10.0. The second-order valence-electron chi connectivity index (χ2n) is 4.07. The Balaban J connectivity index is 2.12. The number of fused-ring (bicyclic) bond motifs is 1. The van der Waals surface area contributed by atoms with Crippen LogP contribution in [0.15, 0.2) is 12.1 Å². The second kappa shape index (κ2) is 5.46. The van der Waals surface area contributed by atoms with Gasteiger partial charge in [0.05, 0.1) is 16.8 Å². The molecular formula is C12H15ClN2O3. The lowest BCUT2D eigenvalue weighted by Crippen LogP contribution is -2.35. The maximum absolute atomic E-state index is 11.8. The number of nitrogens with one attached hydrogen (secondary N) is 1. The van der Waals surface area contributed by atoms with Crippen molar-refractivity contribution < 1.29 is 14.3 Å². The third kappa shape index (κ3) is 2.68. The summed E-state index contributed by atoms with van der Waals surface area (Å²) in [7, 11) is 0. The normalized spacial score (nSPS) is 14.4. The standard InChI is InChI=1S/C12H15ClN2O3/c1-2-3-8(14)12(16)15-9-5-11-10(4-7(9)13)17-6-18-11/h4-5,8H,2-3,6,14H2,1H3,(H,15,16)/t8-/m0/s1. The molecule has 0 bridgehead atoms. The van der Waals surface area contributed by atoms with E-state index in [-0.39, 0.29) is 12.7 Å². The van der Waals surface area contributed by atoms with Crippen LogP contribution in [-0.4, -0.2) is 18.7 Å². The largest absolute Gasteiger partial charge is 0.454 e. The van der Waals surface area contributed by atoms with Crippen LogP contribution in [0.3, 0.4) is 0 Å². The van der Waals surface area contributed by atoms with Crippen LogP contribution in [0.1, 0.15) is 19.8 Å². The summed E-state index contributed by atoms with van der Waals surface area (Å²) in [6, 6.07) is 2.73. The Kier molecular flexibility index (Phi) is 3.93. The number of carbonyl (C=O) groups is 1. The molecule has 1 heterocycles. The van der Waals surface area contributed by atoms with E-state index < -0.39 is 6.04 Å². The van der Waals surface area contributed by atoms with Crippen molar-refractivity contribution in [3.05, 3.63) is 17.2 Å². The molecule has 0 unspecified atom stereocenters. The third-order valence-electron chi connectivity index (χ3n) is 2.66. The molecule has 0 saturated carbocycles. The van der Waals surface area contributed by atoms with E-state index in [2.05, 4.69) is 5.32 Å². The van der Waals surface area contributed by atoms with E-state index in [0.29, 0.717) is 28.6 Å². The van der Waals surface area contributed by atoms with Crippen molar-refractivity contribution in [3.63, 3.8) is 0 Å². The lowest BCUT2D eigenvalue weighted by atomic mass is 10.1. The number of nitrogens with two attached hydrogens (primary N) is 1. The fraction of sp³-hybridized carbons (Fsp3) is 0.417. The van der Waals surface area contributed by atoms with Crippen molar-refractivity contribution in [1.29, 1.82) is 0 Å². The molecular weight excluding hydrogens is 256 g/mol. The van der Waals surface area contributed by atoms with Gasteiger partial charge in [-0.05, 0) is 6.42 Å². The highest BCUT2D eigenvalue weighted by atomic mass is 35.5. The van der Waals surface area contributed by atoms with Crippen LogP contribution in [0.5, 0.6) is 11.5 Å². The van der Waals surface area contributed by atoms with Gasteiger partial charge in [-0.3, -0.25) is 4.79 Å². The number of hydrogen-bond donors (Lipinski definition) is 2. The number of rotatable bonds is 4. The number of benzene rings is 1. The minimum absolute atomic E-state index is 0.165. The van der Waals surface area contributed by atoms with Gasteiger partial charge in [-0.1, -0.05) is 24.9 Å². The van der Waals surface area contributed by atoms with E-state index >= 15 is 0 Å². The molecule has 0 aromatic heterocycles. The van der Waals surface area contributed by atoms with Gasteiger partial charge in [0, 0.05) is 12.1 Å². The molecule has 1 aliphatic rings.